The number of rotatable bonds is 3. The van der Waals surface area contributed by atoms with Crippen molar-refractivity contribution in [1.29, 1.82) is 0 Å². The van der Waals surface area contributed by atoms with Crippen LogP contribution in [0.25, 0.3) is 0 Å². The molecule has 1 aromatic carbocycles. The Bertz CT molecular complexity index is 670. The second-order valence-corrected chi connectivity index (χ2v) is 6.93. The first kappa shape index (κ1) is 15.8. The van der Waals surface area contributed by atoms with E-state index in [1.165, 1.54) is 5.56 Å². The lowest BCUT2D eigenvalue weighted by atomic mass is 9.91. The predicted octanol–water partition coefficient (Wildman–Crippen LogP) is 2.85. The molecule has 0 saturated carbocycles. The zero-order chi connectivity index (χ0) is 16.6. The standard InChI is InChI=1S/C19H25N3O/c1-12(2)11-15-16-17(14-7-5-13(3)6-8-14)21-19(23)18(16)22(4)10-9-20-15/h5-8,12,17H,9-11H2,1-4H3,(H,21,23). The molecule has 3 rings (SSSR count). The topological polar surface area (TPSA) is 44.7 Å². The van der Waals surface area contributed by atoms with E-state index < -0.39 is 0 Å². The molecule has 1 aromatic rings. The van der Waals surface area contributed by atoms with Gasteiger partial charge < -0.3 is 10.2 Å². The van der Waals surface area contributed by atoms with Gasteiger partial charge in [-0.2, -0.15) is 0 Å². The van der Waals surface area contributed by atoms with Gasteiger partial charge in [0.1, 0.15) is 5.70 Å². The minimum absolute atomic E-state index is 0.0198. The molecule has 0 radical (unpaired) electrons. The molecule has 2 aliphatic rings. The van der Waals surface area contributed by atoms with Crippen LogP contribution >= 0.6 is 0 Å². The Kier molecular flexibility index (Phi) is 4.24. The van der Waals surface area contributed by atoms with E-state index in [4.69, 9.17) is 4.99 Å². The highest BCUT2D eigenvalue weighted by molar-refractivity contribution is 6.12. The van der Waals surface area contributed by atoms with Crippen molar-refractivity contribution in [3.05, 3.63) is 46.7 Å². The summed E-state index contributed by atoms with van der Waals surface area (Å²) in [6, 6.07) is 8.32. The number of carbonyl (C=O) groups is 1. The molecule has 1 atom stereocenters. The van der Waals surface area contributed by atoms with Crippen molar-refractivity contribution in [2.45, 2.75) is 33.2 Å². The summed E-state index contributed by atoms with van der Waals surface area (Å²) in [5, 5.41) is 3.16. The predicted molar refractivity (Wildman–Crippen MR) is 93.5 cm³/mol. The number of likely N-dealkylation sites (N-methyl/N-ethyl adjacent to an activating group) is 1. The molecule has 1 unspecified atom stereocenters. The van der Waals surface area contributed by atoms with Crippen molar-refractivity contribution in [3.63, 3.8) is 0 Å². The van der Waals surface area contributed by atoms with E-state index in [0.717, 1.165) is 42.1 Å². The summed E-state index contributed by atoms with van der Waals surface area (Å²) in [4.78, 5) is 19.4. The van der Waals surface area contributed by atoms with Crippen molar-refractivity contribution in [3.8, 4) is 0 Å². The van der Waals surface area contributed by atoms with Crippen LogP contribution in [-0.4, -0.2) is 36.7 Å². The molecule has 122 valence electrons. The van der Waals surface area contributed by atoms with Crippen LogP contribution in [0.15, 0.2) is 40.5 Å². The van der Waals surface area contributed by atoms with Gasteiger partial charge in [0.25, 0.3) is 5.91 Å². The highest BCUT2D eigenvalue weighted by atomic mass is 16.2. The summed E-state index contributed by atoms with van der Waals surface area (Å²) in [6.45, 7) is 8.01. The summed E-state index contributed by atoms with van der Waals surface area (Å²) in [5.41, 5.74) is 5.31. The van der Waals surface area contributed by atoms with Crippen LogP contribution in [0.3, 0.4) is 0 Å². The molecule has 0 aliphatic carbocycles. The number of amides is 1. The Morgan fingerprint density at radius 1 is 1.30 bits per heavy atom. The molecule has 4 nitrogen and oxygen atoms in total. The second kappa shape index (κ2) is 6.19. The van der Waals surface area contributed by atoms with E-state index in [0.29, 0.717) is 5.92 Å². The monoisotopic (exact) mass is 311 g/mol. The van der Waals surface area contributed by atoms with Gasteiger partial charge in [0.05, 0.1) is 12.6 Å². The summed E-state index contributed by atoms with van der Waals surface area (Å²) < 4.78 is 0. The van der Waals surface area contributed by atoms with Crippen molar-refractivity contribution in [1.82, 2.24) is 10.2 Å². The fourth-order valence-electron chi connectivity index (χ4n) is 3.31. The van der Waals surface area contributed by atoms with Crippen LogP contribution in [0.1, 0.15) is 37.4 Å². The highest BCUT2D eigenvalue weighted by Crippen LogP contribution is 2.35. The fraction of sp³-hybridized carbons (Fsp3) is 0.474. The van der Waals surface area contributed by atoms with Crippen LogP contribution in [-0.2, 0) is 4.79 Å². The van der Waals surface area contributed by atoms with Gasteiger partial charge in [-0.15, -0.1) is 0 Å². The largest absolute Gasteiger partial charge is 0.368 e. The summed E-state index contributed by atoms with van der Waals surface area (Å²) >= 11 is 0. The first-order valence-corrected chi connectivity index (χ1v) is 8.33. The van der Waals surface area contributed by atoms with Crippen molar-refractivity contribution < 1.29 is 4.79 Å². The van der Waals surface area contributed by atoms with E-state index in [-0.39, 0.29) is 11.9 Å². The zero-order valence-corrected chi connectivity index (χ0v) is 14.4. The Morgan fingerprint density at radius 2 is 2.00 bits per heavy atom. The zero-order valence-electron chi connectivity index (χ0n) is 14.4. The van der Waals surface area contributed by atoms with Gasteiger partial charge in [0.2, 0.25) is 0 Å². The third-order valence-corrected chi connectivity index (χ3v) is 4.48. The van der Waals surface area contributed by atoms with Crippen LogP contribution in [0, 0.1) is 12.8 Å². The number of nitrogens with one attached hydrogen (secondary N) is 1. The molecule has 1 amide bonds. The van der Waals surface area contributed by atoms with Gasteiger partial charge in [-0.3, -0.25) is 9.79 Å². The molecular weight excluding hydrogens is 286 g/mol. The lowest BCUT2D eigenvalue weighted by Crippen LogP contribution is -2.29. The van der Waals surface area contributed by atoms with E-state index in [1.54, 1.807) is 0 Å². The van der Waals surface area contributed by atoms with Crippen molar-refractivity contribution in [2.75, 3.05) is 20.1 Å². The normalized spacial score (nSPS) is 21.3. The molecule has 0 saturated heterocycles. The van der Waals surface area contributed by atoms with Gasteiger partial charge in [-0.1, -0.05) is 43.7 Å². The number of aryl methyl sites for hydroxylation is 1. The molecule has 2 aliphatic heterocycles. The summed E-state index contributed by atoms with van der Waals surface area (Å²) in [5.74, 6) is 0.534. The smallest absolute Gasteiger partial charge is 0.268 e. The molecule has 4 heteroatoms. The van der Waals surface area contributed by atoms with Crippen LogP contribution < -0.4 is 5.32 Å². The summed E-state index contributed by atoms with van der Waals surface area (Å²) in [7, 11) is 1.99. The van der Waals surface area contributed by atoms with Gasteiger partial charge in [-0.25, -0.2) is 0 Å². The number of hydrogen-bond donors (Lipinski definition) is 1. The molecule has 0 aromatic heterocycles. The average Bonchev–Trinajstić information content (AvgIpc) is 2.75. The number of nitrogens with zero attached hydrogens (tertiary/aromatic N) is 2. The van der Waals surface area contributed by atoms with Crippen molar-refractivity contribution in [2.24, 2.45) is 10.9 Å². The Morgan fingerprint density at radius 3 is 2.65 bits per heavy atom. The van der Waals surface area contributed by atoms with E-state index in [2.05, 4.69) is 55.3 Å². The lowest BCUT2D eigenvalue weighted by Gasteiger charge is -2.19. The number of aliphatic imine (C=N–C) groups is 1. The maximum absolute atomic E-state index is 12.6. The number of carbonyl (C=O) groups excluding carboxylic acids is 1. The van der Waals surface area contributed by atoms with E-state index in [9.17, 15) is 4.79 Å². The molecule has 2 heterocycles. The first-order chi connectivity index (χ1) is 11.0. The minimum Gasteiger partial charge on any atom is -0.368 e. The van der Waals surface area contributed by atoms with E-state index in [1.807, 2.05) is 7.05 Å². The first-order valence-electron chi connectivity index (χ1n) is 8.33. The fourth-order valence-corrected chi connectivity index (χ4v) is 3.31. The Balaban J connectivity index is 2.08. The minimum atomic E-state index is -0.0869. The molecule has 0 spiro atoms. The van der Waals surface area contributed by atoms with Crippen LogP contribution in [0.5, 0.6) is 0 Å². The van der Waals surface area contributed by atoms with Crippen molar-refractivity contribution >= 4 is 11.6 Å². The van der Waals surface area contributed by atoms with Gasteiger partial charge in [0.15, 0.2) is 0 Å². The molecular formula is C19H25N3O. The maximum atomic E-state index is 12.6. The SMILES string of the molecule is Cc1ccc(C2NC(=O)C3=C2C(CC(C)C)=NCCN3C)cc1. The second-order valence-electron chi connectivity index (χ2n) is 6.93. The summed E-state index contributed by atoms with van der Waals surface area (Å²) in [6.07, 6.45) is 0.907. The third-order valence-electron chi connectivity index (χ3n) is 4.48. The number of hydrogen-bond acceptors (Lipinski definition) is 3. The lowest BCUT2D eigenvalue weighted by molar-refractivity contribution is -0.118. The third kappa shape index (κ3) is 3.03. The average molecular weight is 311 g/mol. The van der Waals surface area contributed by atoms with Crippen LogP contribution in [0.4, 0.5) is 0 Å². The molecule has 1 N–H and O–H groups in total. The molecule has 0 fully saturated rings. The quantitative estimate of drug-likeness (QED) is 0.933. The molecule has 0 bridgehead atoms. The number of benzene rings is 1. The van der Waals surface area contributed by atoms with Gasteiger partial charge in [-0.05, 0) is 24.8 Å². The molecule has 23 heavy (non-hydrogen) atoms. The van der Waals surface area contributed by atoms with Crippen LogP contribution in [0.2, 0.25) is 0 Å². The Hall–Kier alpha value is -2.10. The highest BCUT2D eigenvalue weighted by Gasteiger charge is 2.38. The van der Waals surface area contributed by atoms with Gasteiger partial charge in [0, 0.05) is 24.9 Å². The van der Waals surface area contributed by atoms with E-state index >= 15 is 0 Å². The maximum Gasteiger partial charge on any atom is 0.268 e. The Labute approximate surface area is 138 Å². The van der Waals surface area contributed by atoms with Gasteiger partial charge >= 0.3 is 0 Å².